The molecular weight excluding hydrogens is 394 g/mol. The Morgan fingerprint density at radius 3 is 2.38 bits per heavy atom. The van der Waals surface area contributed by atoms with E-state index in [0.717, 1.165) is 17.6 Å². The Morgan fingerprint density at radius 1 is 1.24 bits per heavy atom. The number of carbonyl (C=O) groups is 1. The highest BCUT2D eigenvalue weighted by Crippen LogP contribution is 2.52. The predicted molar refractivity (Wildman–Crippen MR) is 111 cm³/mol. The molecular formula is C22H28FO5P. The zero-order valence-electron chi connectivity index (χ0n) is 17.2. The van der Waals surface area contributed by atoms with E-state index in [2.05, 4.69) is 25.4 Å². The normalized spacial score (nSPS) is 20.9. The number of halogens is 1. The van der Waals surface area contributed by atoms with Crippen LogP contribution in [0.15, 0.2) is 29.8 Å². The van der Waals surface area contributed by atoms with Gasteiger partial charge in [-0.25, -0.2) is 4.39 Å². The number of carboxylic acids is 1. The molecule has 1 unspecified atom stereocenters. The van der Waals surface area contributed by atoms with E-state index in [0.29, 0.717) is 12.0 Å². The summed E-state index contributed by atoms with van der Waals surface area (Å²) in [7, 11) is -4.05. The van der Waals surface area contributed by atoms with Crippen LogP contribution in [0.2, 0.25) is 0 Å². The van der Waals surface area contributed by atoms with Gasteiger partial charge in [-0.15, -0.1) is 0 Å². The number of aliphatic carboxylic acids is 1. The zero-order chi connectivity index (χ0) is 22.0. The third-order valence-corrected chi connectivity index (χ3v) is 6.35. The molecule has 0 spiro atoms. The molecule has 1 aromatic rings. The summed E-state index contributed by atoms with van der Waals surface area (Å²) in [6, 6.07) is 6.11. The molecule has 0 aliphatic heterocycles. The average Bonchev–Trinajstić information content (AvgIpc) is 2.50. The van der Waals surface area contributed by atoms with Gasteiger partial charge in [0.2, 0.25) is 0 Å². The van der Waals surface area contributed by atoms with Crippen LogP contribution in [0.25, 0.3) is 5.57 Å². The highest BCUT2D eigenvalue weighted by Gasteiger charge is 2.39. The van der Waals surface area contributed by atoms with Gasteiger partial charge in [0, 0.05) is 5.57 Å². The van der Waals surface area contributed by atoms with Crippen LogP contribution in [0, 0.1) is 28.2 Å². The summed E-state index contributed by atoms with van der Waals surface area (Å²) in [5.74, 6) is 1.28. The number of aliphatic hydroxyl groups excluding tert-OH is 1. The first-order valence-electron chi connectivity index (χ1n) is 9.45. The van der Waals surface area contributed by atoms with Crippen LogP contribution in [0.1, 0.15) is 52.5 Å². The summed E-state index contributed by atoms with van der Waals surface area (Å²) in [6.45, 7) is 8.31. The Hall–Kier alpha value is -1.93. The maximum absolute atomic E-state index is 13.4. The summed E-state index contributed by atoms with van der Waals surface area (Å²) in [4.78, 5) is 20.8. The molecule has 3 N–H and O–H groups in total. The van der Waals surface area contributed by atoms with E-state index in [-0.39, 0.29) is 16.6 Å². The quantitative estimate of drug-likeness (QED) is 0.480. The molecule has 5 nitrogen and oxygen atoms in total. The smallest absolute Gasteiger partial charge is 0.305 e. The van der Waals surface area contributed by atoms with Gasteiger partial charge in [-0.05, 0) is 52.6 Å². The Bertz CT molecular complexity index is 919. The van der Waals surface area contributed by atoms with Gasteiger partial charge in [-0.1, -0.05) is 45.7 Å². The maximum Gasteiger partial charge on any atom is 0.305 e. The monoisotopic (exact) mass is 422 g/mol. The van der Waals surface area contributed by atoms with Gasteiger partial charge in [0.1, 0.15) is 5.82 Å². The summed E-state index contributed by atoms with van der Waals surface area (Å²) < 4.78 is 25.8. The Labute approximate surface area is 171 Å². The maximum atomic E-state index is 13.4. The second-order valence-electron chi connectivity index (χ2n) is 9.13. The standard InChI is InChI=1S/C22H28FO5P/c1-21(2)12-18(15-5-7-16(23)8-6-15)19(22(3,4)14-21)9-10-29(27,28)13-17(24)11-20(25)26/h5-8,17,24H,11-14H2,1-4H3,(H,25,26)(H,27,28)/t17-/m0/s1. The van der Waals surface area contributed by atoms with Crippen molar-refractivity contribution >= 4 is 18.9 Å². The van der Waals surface area contributed by atoms with Crippen molar-refractivity contribution in [2.24, 2.45) is 10.8 Å². The van der Waals surface area contributed by atoms with Crippen molar-refractivity contribution < 1.29 is 28.9 Å². The van der Waals surface area contributed by atoms with Crippen molar-refractivity contribution in [3.05, 3.63) is 41.2 Å². The minimum atomic E-state index is -4.05. The van der Waals surface area contributed by atoms with Crippen LogP contribution in [-0.4, -0.2) is 33.3 Å². The van der Waals surface area contributed by atoms with Crippen LogP contribution < -0.4 is 0 Å². The number of aliphatic hydroxyl groups is 1. The molecule has 2 rings (SSSR count). The average molecular weight is 422 g/mol. The molecule has 1 aromatic carbocycles. The fraction of sp³-hybridized carbons (Fsp3) is 0.500. The molecule has 0 aromatic heterocycles. The molecule has 0 bridgehead atoms. The van der Waals surface area contributed by atoms with Gasteiger partial charge in [0.25, 0.3) is 7.37 Å². The lowest BCUT2D eigenvalue weighted by molar-refractivity contribution is -0.138. The third-order valence-electron chi connectivity index (χ3n) is 4.97. The number of carboxylic acid groups (broad SMARTS) is 1. The number of allylic oxidation sites excluding steroid dienone is 2. The Kier molecular flexibility index (Phi) is 6.79. The molecule has 0 amide bonds. The lowest BCUT2D eigenvalue weighted by atomic mass is 9.62. The first kappa shape index (κ1) is 23.3. The predicted octanol–water partition coefficient (Wildman–Crippen LogP) is 4.49. The molecule has 0 heterocycles. The van der Waals surface area contributed by atoms with Crippen LogP contribution in [0.3, 0.4) is 0 Å². The van der Waals surface area contributed by atoms with Crippen molar-refractivity contribution in [2.75, 3.05) is 6.16 Å². The van der Waals surface area contributed by atoms with E-state index in [1.54, 1.807) is 12.1 Å². The highest BCUT2D eigenvalue weighted by atomic mass is 31.2. The van der Waals surface area contributed by atoms with E-state index in [1.807, 2.05) is 13.8 Å². The van der Waals surface area contributed by atoms with E-state index >= 15 is 0 Å². The summed E-state index contributed by atoms with van der Waals surface area (Å²) >= 11 is 0. The van der Waals surface area contributed by atoms with E-state index in [9.17, 15) is 23.7 Å². The SMILES string of the molecule is CC1(C)CC(c2ccc(F)cc2)=C(C#CP(=O)(O)C[C@@H](O)CC(=O)O)C(C)(C)C1. The number of hydrogen-bond donors (Lipinski definition) is 3. The van der Waals surface area contributed by atoms with Crippen molar-refractivity contribution in [1.82, 2.24) is 0 Å². The fourth-order valence-corrected chi connectivity index (χ4v) is 5.28. The molecule has 1 aliphatic rings. The largest absolute Gasteiger partial charge is 0.481 e. The van der Waals surface area contributed by atoms with E-state index < -0.39 is 32.0 Å². The van der Waals surface area contributed by atoms with Gasteiger partial charge >= 0.3 is 5.97 Å². The van der Waals surface area contributed by atoms with Crippen LogP contribution in [0.4, 0.5) is 4.39 Å². The second-order valence-corrected chi connectivity index (χ2v) is 11.1. The molecule has 29 heavy (non-hydrogen) atoms. The van der Waals surface area contributed by atoms with Gasteiger partial charge in [-0.2, -0.15) is 0 Å². The lowest BCUT2D eigenvalue weighted by Crippen LogP contribution is -2.30. The molecule has 0 fully saturated rings. The van der Waals surface area contributed by atoms with Crippen LogP contribution in [-0.2, 0) is 9.36 Å². The van der Waals surface area contributed by atoms with Crippen molar-refractivity contribution in [3.8, 4) is 11.6 Å². The molecule has 158 valence electrons. The highest BCUT2D eigenvalue weighted by molar-refractivity contribution is 7.63. The second kappa shape index (κ2) is 8.44. The van der Waals surface area contributed by atoms with E-state index in [1.165, 1.54) is 12.1 Å². The van der Waals surface area contributed by atoms with Gasteiger partial charge in [-0.3, -0.25) is 9.36 Å². The minimum absolute atomic E-state index is 0.0288. The minimum Gasteiger partial charge on any atom is -0.481 e. The molecule has 7 heteroatoms. The molecule has 0 saturated carbocycles. The Morgan fingerprint density at radius 2 is 1.83 bits per heavy atom. The molecule has 2 atom stereocenters. The van der Waals surface area contributed by atoms with Crippen molar-refractivity contribution in [2.45, 2.75) is 53.1 Å². The van der Waals surface area contributed by atoms with Crippen molar-refractivity contribution in [1.29, 1.82) is 0 Å². The first-order chi connectivity index (χ1) is 13.2. The number of benzene rings is 1. The van der Waals surface area contributed by atoms with Crippen molar-refractivity contribution in [3.63, 3.8) is 0 Å². The summed E-state index contributed by atoms with van der Waals surface area (Å²) in [5.41, 5.74) is 4.43. The number of hydrogen-bond acceptors (Lipinski definition) is 3. The molecule has 0 saturated heterocycles. The summed E-state index contributed by atoms with van der Waals surface area (Å²) in [5, 5.41) is 18.4. The topological polar surface area (TPSA) is 94.8 Å². The molecule has 1 aliphatic carbocycles. The molecule has 0 radical (unpaired) electrons. The van der Waals surface area contributed by atoms with Crippen LogP contribution >= 0.6 is 7.37 Å². The third kappa shape index (κ3) is 6.54. The van der Waals surface area contributed by atoms with Crippen LogP contribution in [0.5, 0.6) is 0 Å². The first-order valence-corrected chi connectivity index (χ1v) is 11.3. The van der Waals surface area contributed by atoms with Gasteiger partial charge in [0.15, 0.2) is 0 Å². The fourth-order valence-electron chi connectivity index (χ4n) is 4.21. The summed E-state index contributed by atoms with van der Waals surface area (Å²) in [6.07, 6.45) is -1.16. The Balaban J connectivity index is 2.49. The van der Waals surface area contributed by atoms with E-state index in [4.69, 9.17) is 5.11 Å². The van der Waals surface area contributed by atoms with Gasteiger partial charge in [0.05, 0.1) is 18.7 Å². The number of rotatable bonds is 5. The van der Waals surface area contributed by atoms with Gasteiger partial charge < -0.3 is 15.1 Å². The lowest BCUT2D eigenvalue weighted by Gasteiger charge is -2.42. The zero-order valence-corrected chi connectivity index (χ0v) is 18.1.